The first-order valence-corrected chi connectivity index (χ1v) is 17.1. The molecule has 0 aliphatic heterocycles. The van der Waals surface area contributed by atoms with Crippen molar-refractivity contribution in [2.75, 3.05) is 5.32 Å². The zero-order valence-corrected chi connectivity index (χ0v) is 29.7. The fourth-order valence-electron chi connectivity index (χ4n) is 4.41. The number of carbonyl (C=O) groups excluding carboxylic acids is 1. The molecule has 0 fully saturated rings. The Morgan fingerprint density at radius 2 is 1.47 bits per heavy atom. The molecule has 0 aliphatic rings. The van der Waals surface area contributed by atoms with E-state index in [9.17, 15) is 23.3 Å². The lowest BCUT2D eigenvalue weighted by molar-refractivity contribution is -0.384. The molecule has 0 radical (unpaired) electrons. The number of nitrogens with one attached hydrogen (secondary N) is 2. The van der Waals surface area contributed by atoms with Crippen molar-refractivity contribution in [3.8, 4) is 11.1 Å². The Morgan fingerprint density at radius 1 is 0.918 bits per heavy atom. The number of primary sulfonamides is 1. The van der Waals surface area contributed by atoms with Crippen LogP contribution in [0.3, 0.4) is 0 Å². The molecule has 0 aromatic heterocycles. The van der Waals surface area contributed by atoms with Crippen LogP contribution in [0.1, 0.15) is 67.1 Å². The Labute approximate surface area is 290 Å². The van der Waals surface area contributed by atoms with Crippen LogP contribution < -0.4 is 16.2 Å². The van der Waals surface area contributed by atoms with E-state index in [1.54, 1.807) is 42.5 Å². The number of sulfonamides is 1. The molecule has 6 N–H and O–H groups in total. The van der Waals surface area contributed by atoms with Gasteiger partial charge in [0, 0.05) is 28.9 Å². The highest BCUT2D eigenvalue weighted by Crippen LogP contribution is 2.30. The number of nitro benzene ring substituents is 1. The Kier molecular flexibility index (Phi) is 18.2. The number of nitrogens with two attached hydrogens (primary N) is 2. The van der Waals surface area contributed by atoms with Gasteiger partial charge >= 0.3 is 0 Å². The predicted octanol–water partition coefficient (Wildman–Crippen LogP) is 8.67. The van der Waals surface area contributed by atoms with Gasteiger partial charge in [0.25, 0.3) is 11.6 Å². The summed E-state index contributed by atoms with van der Waals surface area (Å²) in [6.45, 7) is 12.1. The van der Waals surface area contributed by atoms with Gasteiger partial charge in [-0.2, -0.15) is 0 Å². The molecule has 0 spiro atoms. The number of rotatable bonds is 8. The molecule has 4 rings (SSSR count). The summed E-state index contributed by atoms with van der Waals surface area (Å²) < 4.78 is 23.7. The third-order valence-corrected chi connectivity index (χ3v) is 7.92. The monoisotopic (exact) mass is 685 g/mol. The van der Waals surface area contributed by atoms with E-state index in [-0.39, 0.29) is 22.4 Å². The average molecular weight is 686 g/mol. The lowest BCUT2D eigenvalue weighted by atomic mass is 9.92. The van der Waals surface area contributed by atoms with E-state index < -0.39 is 14.9 Å². The van der Waals surface area contributed by atoms with Gasteiger partial charge in [0.1, 0.15) is 0 Å². The van der Waals surface area contributed by atoms with E-state index in [1.807, 2.05) is 52.0 Å². The van der Waals surface area contributed by atoms with Gasteiger partial charge in [-0.25, -0.2) is 13.6 Å². The second-order valence-corrected chi connectivity index (χ2v) is 12.3. The van der Waals surface area contributed by atoms with Crippen LogP contribution in [0.25, 0.3) is 11.1 Å². The molecule has 0 bridgehead atoms. The predicted molar refractivity (Wildman–Crippen MR) is 202 cm³/mol. The highest BCUT2D eigenvalue weighted by molar-refractivity contribution is 7.89. The first-order valence-electron chi connectivity index (χ1n) is 15.5. The fourth-order valence-corrected chi connectivity index (χ4v) is 5.17. The van der Waals surface area contributed by atoms with Crippen LogP contribution in [0.15, 0.2) is 120 Å². The largest absolute Gasteiger partial charge is 0.390 e. The number of nitrogens with zero attached hydrogens (tertiary/aromatic N) is 1. The molecule has 0 saturated heterocycles. The SMILES string of the molecule is C/C=C\C=C/C.CCC(C)c1cc([N+](=O)[O-])ccc1C(=O)Nc1ccc(-c2ccccc2S(N)(=O)=O)cc1.Cc1cccc(C)c1.N=CN. The molecule has 11 heteroatoms. The molecule has 260 valence electrons. The second kappa shape index (κ2) is 21.5. The van der Waals surface area contributed by atoms with Crippen LogP contribution in [0.5, 0.6) is 0 Å². The number of benzene rings is 4. The van der Waals surface area contributed by atoms with Crippen molar-refractivity contribution in [2.24, 2.45) is 10.9 Å². The van der Waals surface area contributed by atoms with Crippen molar-refractivity contribution in [1.82, 2.24) is 0 Å². The first-order chi connectivity index (χ1) is 23.2. The van der Waals surface area contributed by atoms with Gasteiger partial charge in [-0.05, 0) is 75.4 Å². The fraction of sp³-hybridized carbons (Fsp3) is 0.211. The number of nitro groups is 1. The van der Waals surface area contributed by atoms with Crippen LogP contribution in [0, 0.1) is 29.4 Å². The van der Waals surface area contributed by atoms with E-state index in [0.717, 1.165) is 12.8 Å². The summed E-state index contributed by atoms with van der Waals surface area (Å²) >= 11 is 0. The summed E-state index contributed by atoms with van der Waals surface area (Å²) in [4.78, 5) is 23.6. The number of carbonyl (C=O) groups is 1. The summed E-state index contributed by atoms with van der Waals surface area (Å²) in [6.07, 6.45) is 9.47. The molecule has 0 aliphatic carbocycles. The van der Waals surface area contributed by atoms with Crippen molar-refractivity contribution in [3.63, 3.8) is 0 Å². The Bertz CT molecular complexity index is 1810. The standard InChI is InChI=1S/C23H23N3O5S.C8H10.C6H10.CH4N2/c1-3-15(2)21-14-18(26(28)29)12-13-20(21)23(27)25-17-10-8-16(9-11-17)19-6-4-5-7-22(19)32(24,30)31;1-7-4-3-5-8(2)6-7;1-3-5-6-4-2;2-1-3/h4-15H,3H2,1-2H3,(H,25,27)(H2,24,30,31);3-6H,1-2H3;3-6H,1-2H3;1H,(H3,2,3)/b;;5-3-,6-4-;. The zero-order chi connectivity index (χ0) is 37.0. The van der Waals surface area contributed by atoms with Gasteiger partial charge in [-0.1, -0.05) is 104 Å². The summed E-state index contributed by atoms with van der Waals surface area (Å²) in [5.41, 5.74) is 9.57. The molecule has 1 atom stereocenters. The maximum absolute atomic E-state index is 12.9. The highest BCUT2D eigenvalue weighted by atomic mass is 32.2. The van der Waals surface area contributed by atoms with Gasteiger partial charge < -0.3 is 11.1 Å². The minimum Gasteiger partial charge on any atom is -0.390 e. The number of hydrogen-bond acceptors (Lipinski definition) is 6. The van der Waals surface area contributed by atoms with E-state index in [2.05, 4.69) is 49.2 Å². The van der Waals surface area contributed by atoms with Crippen molar-refractivity contribution in [2.45, 2.75) is 58.8 Å². The summed E-state index contributed by atoms with van der Waals surface area (Å²) in [5, 5.41) is 25.1. The number of anilines is 1. The van der Waals surface area contributed by atoms with Crippen LogP contribution >= 0.6 is 0 Å². The molecule has 10 nitrogen and oxygen atoms in total. The van der Waals surface area contributed by atoms with Crippen molar-refractivity contribution < 1.29 is 18.1 Å². The maximum Gasteiger partial charge on any atom is 0.269 e. The summed E-state index contributed by atoms with van der Waals surface area (Å²) in [5.74, 6) is -0.416. The second-order valence-electron chi connectivity index (χ2n) is 10.8. The topological polar surface area (TPSA) is 182 Å². The molecular weight excluding hydrogens is 639 g/mol. The number of aryl methyl sites for hydroxylation is 2. The molecule has 49 heavy (non-hydrogen) atoms. The summed E-state index contributed by atoms with van der Waals surface area (Å²) in [7, 11) is -3.89. The molecular formula is C38H47N5O5S. The lowest BCUT2D eigenvalue weighted by Crippen LogP contribution is -2.15. The van der Waals surface area contributed by atoms with E-state index in [0.29, 0.717) is 27.9 Å². The van der Waals surface area contributed by atoms with Gasteiger partial charge in [-0.3, -0.25) is 20.3 Å². The number of non-ortho nitro benzene ring substituents is 1. The van der Waals surface area contributed by atoms with Crippen molar-refractivity contribution in [1.29, 1.82) is 5.41 Å². The van der Waals surface area contributed by atoms with Crippen molar-refractivity contribution >= 4 is 33.6 Å². The Balaban J connectivity index is 0.000000577. The number of allylic oxidation sites excluding steroid dienone is 4. The van der Waals surface area contributed by atoms with Crippen LogP contribution in [-0.4, -0.2) is 25.6 Å². The molecule has 1 amide bonds. The van der Waals surface area contributed by atoms with Crippen LogP contribution in [-0.2, 0) is 10.0 Å². The normalized spacial score (nSPS) is 11.2. The highest BCUT2D eigenvalue weighted by Gasteiger charge is 2.20. The molecule has 4 aromatic rings. The lowest BCUT2D eigenvalue weighted by Gasteiger charge is -2.15. The average Bonchev–Trinajstić information content (AvgIpc) is 3.07. The smallest absolute Gasteiger partial charge is 0.269 e. The van der Waals surface area contributed by atoms with Gasteiger partial charge in [0.2, 0.25) is 10.0 Å². The third-order valence-electron chi connectivity index (χ3n) is 6.95. The number of amides is 1. The molecule has 0 heterocycles. The molecule has 4 aromatic carbocycles. The van der Waals surface area contributed by atoms with E-state index in [1.165, 1.54) is 35.4 Å². The quantitative estimate of drug-likeness (QED) is 0.0473. The third kappa shape index (κ3) is 14.5. The zero-order valence-electron chi connectivity index (χ0n) is 28.9. The van der Waals surface area contributed by atoms with Crippen molar-refractivity contribution in [3.05, 3.63) is 148 Å². The van der Waals surface area contributed by atoms with E-state index >= 15 is 0 Å². The van der Waals surface area contributed by atoms with Gasteiger partial charge in [0.15, 0.2) is 0 Å². The van der Waals surface area contributed by atoms with E-state index in [4.69, 9.17) is 10.5 Å². The van der Waals surface area contributed by atoms with Gasteiger partial charge in [-0.15, -0.1) is 0 Å². The molecule has 1 unspecified atom stereocenters. The van der Waals surface area contributed by atoms with Gasteiger partial charge in [0.05, 0.1) is 16.2 Å². The Morgan fingerprint density at radius 3 is 1.92 bits per heavy atom. The van der Waals surface area contributed by atoms with Crippen LogP contribution in [0.2, 0.25) is 0 Å². The minimum atomic E-state index is -3.89. The number of hydrogen-bond donors (Lipinski definition) is 4. The minimum absolute atomic E-state index is 0.0147. The maximum atomic E-state index is 12.9. The van der Waals surface area contributed by atoms with Crippen LogP contribution in [0.4, 0.5) is 11.4 Å². The first kappa shape index (κ1) is 41.6. The molecule has 0 saturated carbocycles. The Hall–Kier alpha value is -5.39. The summed E-state index contributed by atoms with van der Waals surface area (Å²) in [6, 6.07) is 25.7.